The van der Waals surface area contributed by atoms with E-state index in [4.69, 9.17) is 5.26 Å². The van der Waals surface area contributed by atoms with Crippen molar-refractivity contribution in [3.63, 3.8) is 0 Å². The van der Waals surface area contributed by atoms with Gasteiger partial charge >= 0.3 is 0 Å². The number of rotatable bonds is 5. The van der Waals surface area contributed by atoms with E-state index in [-0.39, 0.29) is 12.3 Å². The van der Waals surface area contributed by atoms with Gasteiger partial charge in [0.15, 0.2) is 0 Å². The van der Waals surface area contributed by atoms with Crippen molar-refractivity contribution in [3.05, 3.63) is 71.0 Å². The molecule has 2 N–H and O–H groups in total. The zero-order valence-corrected chi connectivity index (χ0v) is 11.8. The molecule has 0 aliphatic heterocycles. The zero-order valence-electron chi connectivity index (χ0n) is 11.8. The largest absolute Gasteiger partial charge is 0.388 e. The summed E-state index contributed by atoms with van der Waals surface area (Å²) in [5.74, 6) is -0.782. The van der Waals surface area contributed by atoms with E-state index in [0.717, 1.165) is 5.56 Å². The third-order valence-electron chi connectivity index (χ3n) is 3.18. The number of hydrogen-bond acceptors (Lipinski definition) is 3. The number of nitriles is 1. The van der Waals surface area contributed by atoms with Crippen LogP contribution in [0.5, 0.6) is 0 Å². The zero-order chi connectivity index (χ0) is 15.9. The van der Waals surface area contributed by atoms with Crippen molar-refractivity contribution in [2.45, 2.75) is 19.1 Å². The molecule has 2 aromatic rings. The van der Waals surface area contributed by atoms with E-state index in [9.17, 15) is 14.3 Å². The molecule has 2 aromatic carbocycles. The van der Waals surface area contributed by atoms with E-state index >= 15 is 0 Å². The van der Waals surface area contributed by atoms with Gasteiger partial charge in [0, 0.05) is 6.54 Å². The number of benzene rings is 2. The lowest BCUT2D eigenvalue weighted by Gasteiger charge is -2.11. The predicted molar refractivity (Wildman–Crippen MR) is 79.0 cm³/mol. The fourth-order valence-corrected chi connectivity index (χ4v) is 1.98. The fourth-order valence-electron chi connectivity index (χ4n) is 1.98. The maximum absolute atomic E-state index is 13.1. The van der Waals surface area contributed by atoms with Gasteiger partial charge in [0.1, 0.15) is 5.82 Å². The van der Waals surface area contributed by atoms with Crippen molar-refractivity contribution >= 4 is 5.91 Å². The molecular formula is C17H15FN2O2. The first-order valence-corrected chi connectivity index (χ1v) is 6.78. The van der Waals surface area contributed by atoms with Crippen LogP contribution in [0.3, 0.4) is 0 Å². The summed E-state index contributed by atoms with van der Waals surface area (Å²) < 4.78 is 13.1. The number of halogens is 1. The molecular weight excluding hydrogens is 283 g/mol. The summed E-state index contributed by atoms with van der Waals surface area (Å²) >= 11 is 0. The van der Waals surface area contributed by atoms with Gasteiger partial charge in [-0.1, -0.05) is 24.3 Å². The maximum Gasteiger partial charge on any atom is 0.223 e. The van der Waals surface area contributed by atoms with Gasteiger partial charge in [-0.25, -0.2) is 4.39 Å². The quantitative estimate of drug-likeness (QED) is 0.890. The van der Waals surface area contributed by atoms with E-state index in [1.54, 1.807) is 30.3 Å². The van der Waals surface area contributed by atoms with Gasteiger partial charge in [-0.15, -0.1) is 0 Å². The Bertz CT molecular complexity index is 693. The number of nitrogens with zero attached hydrogens (tertiary/aromatic N) is 1. The Morgan fingerprint density at radius 3 is 2.64 bits per heavy atom. The number of hydrogen-bond donors (Lipinski definition) is 2. The Morgan fingerprint density at radius 2 is 2.00 bits per heavy atom. The van der Waals surface area contributed by atoms with Gasteiger partial charge in [0.05, 0.1) is 24.2 Å². The van der Waals surface area contributed by atoms with Gasteiger partial charge in [0.25, 0.3) is 0 Å². The fraction of sp³-hybridized carbons (Fsp3) is 0.176. The molecule has 0 bridgehead atoms. The molecule has 5 heteroatoms. The topological polar surface area (TPSA) is 73.1 Å². The van der Waals surface area contributed by atoms with Crippen LogP contribution in [0, 0.1) is 17.1 Å². The van der Waals surface area contributed by atoms with Crippen molar-refractivity contribution in [2.24, 2.45) is 0 Å². The lowest BCUT2D eigenvalue weighted by molar-refractivity contribution is -0.123. The molecule has 1 atom stereocenters. The second-order valence-electron chi connectivity index (χ2n) is 4.86. The number of aliphatic hydroxyl groups is 1. The van der Waals surface area contributed by atoms with Crippen LogP contribution in [-0.4, -0.2) is 11.0 Å². The number of carbonyl (C=O) groups is 1. The van der Waals surface area contributed by atoms with Crippen LogP contribution in [-0.2, 0) is 11.3 Å². The van der Waals surface area contributed by atoms with E-state index in [0.29, 0.717) is 17.7 Å². The Balaban J connectivity index is 1.86. The highest BCUT2D eigenvalue weighted by Crippen LogP contribution is 2.17. The molecule has 0 heterocycles. The lowest BCUT2D eigenvalue weighted by atomic mass is 10.1. The third-order valence-corrected chi connectivity index (χ3v) is 3.18. The number of carbonyl (C=O) groups excluding carboxylic acids is 1. The summed E-state index contributed by atoms with van der Waals surface area (Å²) in [7, 11) is 0. The van der Waals surface area contributed by atoms with Crippen LogP contribution in [0.25, 0.3) is 0 Å². The minimum Gasteiger partial charge on any atom is -0.388 e. The molecule has 22 heavy (non-hydrogen) atoms. The molecule has 0 aliphatic rings. The lowest BCUT2D eigenvalue weighted by Crippen LogP contribution is -2.24. The first kappa shape index (κ1) is 15.7. The summed E-state index contributed by atoms with van der Waals surface area (Å²) in [5.41, 5.74) is 1.78. The van der Waals surface area contributed by atoms with Crippen LogP contribution in [0.2, 0.25) is 0 Å². The molecule has 0 fully saturated rings. The van der Waals surface area contributed by atoms with Crippen molar-refractivity contribution in [2.75, 3.05) is 0 Å². The van der Waals surface area contributed by atoms with Crippen LogP contribution in [0.15, 0.2) is 48.5 Å². The molecule has 0 radical (unpaired) electrons. The summed E-state index contributed by atoms with van der Waals surface area (Å²) in [6, 6.07) is 14.4. The molecule has 0 spiro atoms. The minimum absolute atomic E-state index is 0.139. The Labute approximate surface area is 127 Å². The highest BCUT2D eigenvalue weighted by atomic mass is 19.1. The summed E-state index contributed by atoms with van der Waals surface area (Å²) in [4.78, 5) is 11.8. The molecule has 0 saturated carbocycles. The molecule has 0 aromatic heterocycles. The minimum atomic E-state index is -1.04. The number of nitrogens with one attached hydrogen (secondary N) is 1. The second kappa shape index (κ2) is 7.34. The van der Waals surface area contributed by atoms with E-state index < -0.39 is 11.9 Å². The molecule has 2 rings (SSSR count). The molecule has 1 amide bonds. The Kier molecular flexibility index (Phi) is 5.23. The first-order chi connectivity index (χ1) is 10.6. The average Bonchev–Trinajstić information content (AvgIpc) is 2.53. The van der Waals surface area contributed by atoms with Gasteiger partial charge in [-0.05, 0) is 35.4 Å². The van der Waals surface area contributed by atoms with Crippen molar-refractivity contribution < 1.29 is 14.3 Å². The smallest absolute Gasteiger partial charge is 0.223 e. The summed E-state index contributed by atoms with van der Waals surface area (Å²) in [5, 5.41) is 21.3. The maximum atomic E-state index is 13.1. The summed E-state index contributed by atoms with van der Waals surface area (Å²) in [6.07, 6.45) is -1.18. The average molecular weight is 298 g/mol. The van der Waals surface area contributed by atoms with Gasteiger partial charge in [0.2, 0.25) is 5.91 Å². The molecule has 0 aliphatic carbocycles. The van der Waals surface area contributed by atoms with Gasteiger partial charge in [-0.3, -0.25) is 4.79 Å². The van der Waals surface area contributed by atoms with Crippen LogP contribution >= 0.6 is 0 Å². The van der Waals surface area contributed by atoms with Crippen molar-refractivity contribution in [1.29, 1.82) is 5.26 Å². The van der Waals surface area contributed by atoms with Crippen molar-refractivity contribution in [1.82, 2.24) is 5.32 Å². The Hall–Kier alpha value is -2.71. The van der Waals surface area contributed by atoms with Crippen LogP contribution < -0.4 is 5.32 Å². The second-order valence-corrected chi connectivity index (χ2v) is 4.86. The van der Waals surface area contributed by atoms with Gasteiger partial charge < -0.3 is 10.4 Å². The van der Waals surface area contributed by atoms with E-state index in [1.807, 2.05) is 6.07 Å². The van der Waals surface area contributed by atoms with Crippen LogP contribution in [0.4, 0.5) is 4.39 Å². The highest BCUT2D eigenvalue weighted by molar-refractivity contribution is 5.76. The third kappa shape index (κ3) is 4.40. The standard InChI is InChI=1S/C17H15FN2O2/c18-15-3-1-2-14(8-15)16(21)9-17(22)20-11-13-6-4-12(10-19)5-7-13/h1-8,16,21H,9,11H2,(H,20,22). The molecule has 1 unspecified atom stereocenters. The molecule has 112 valence electrons. The molecule has 0 saturated heterocycles. The van der Waals surface area contributed by atoms with E-state index in [1.165, 1.54) is 18.2 Å². The Morgan fingerprint density at radius 1 is 1.27 bits per heavy atom. The van der Waals surface area contributed by atoms with Gasteiger partial charge in [-0.2, -0.15) is 5.26 Å². The number of aliphatic hydroxyl groups excluding tert-OH is 1. The van der Waals surface area contributed by atoms with Crippen molar-refractivity contribution in [3.8, 4) is 6.07 Å². The van der Waals surface area contributed by atoms with Crippen LogP contribution in [0.1, 0.15) is 29.2 Å². The monoisotopic (exact) mass is 298 g/mol. The first-order valence-electron chi connectivity index (χ1n) is 6.78. The summed E-state index contributed by atoms with van der Waals surface area (Å²) in [6.45, 7) is 0.306. The molecule has 4 nitrogen and oxygen atoms in total. The predicted octanol–water partition coefficient (Wildman–Crippen LogP) is 2.44. The van der Waals surface area contributed by atoms with E-state index in [2.05, 4.69) is 5.32 Å². The normalized spacial score (nSPS) is 11.5. The highest BCUT2D eigenvalue weighted by Gasteiger charge is 2.13. The number of amides is 1. The SMILES string of the molecule is N#Cc1ccc(CNC(=O)CC(O)c2cccc(F)c2)cc1.